The second-order valence-electron chi connectivity index (χ2n) is 6.19. The van der Waals surface area contributed by atoms with E-state index in [0.717, 1.165) is 4.31 Å². The third-order valence-corrected chi connectivity index (χ3v) is 6.03. The highest BCUT2D eigenvalue weighted by molar-refractivity contribution is 7.92. The van der Waals surface area contributed by atoms with Gasteiger partial charge in [-0.15, -0.1) is 0 Å². The molecule has 0 aromatic heterocycles. The Morgan fingerprint density at radius 1 is 1.14 bits per heavy atom. The molecule has 0 unspecified atom stereocenters. The van der Waals surface area contributed by atoms with E-state index in [1.807, 2.05) is 0 Å². The van der Waals surface area contributed by atoms with Gasteiger partial charge in [0.1, 0.15) is 18.1 Å². The number of halogens is 1. The number of rotatable bonds is 8. The summed E-state index contributed by atoms with van der Waals surface area (Å²) in [5, 5.41) is 0.225. The van der Waals surface area contributed by atoms with E-state index in [1.54, 1.807) is 6.92 Å². The number of hydrogen-bond acceptors (Lipinski definition) is 6. The minimum absolute atomic E-state index is 0.0528. The summed E-state index contributed by atoms with van der Waals surface area (Å²) in [6.45, 7) is 5.43. The van der Waals surface area contributed by atoms with Gasteiger partial charge in [-0.3, -0.25) is 4.31 Å². The van der Waals surface area contributed by atoms with E-state index >= 15 is 0 Å². The molecule has 0 atom stereocenters. The third kappa shape index (κ3) is 5.02. The van der Waals surface area contributed by atoms with Crippen LogP contribution in [-0.4, -0.2) is 42.3 Å². The number of carbonyl (C=O) groups is 1. The molecule has 0 spiro atoms. The number of ether oxygens (including phenoxy) is 3. The molecule has 0 heterocycles. The molecule has 0 bridgehead atoms. The lowest BCUT2D eigenvalue weighted by Gasteiger charge is -2.23. The number of carbonyl (C=O) groups excluding carboxylic acids is 1. The molecule has 9 heteroatoms. The number of anilines is 1. The SMILES string of the molecule is C=C(C)COC(=O)c1cccc(S(=O)(=O)N(C)c2cc(Cl)c(OC)cc2OC)c1. The lowest BCUT2D eigenvalue weighted by molar-refractivity contribution is 0.0540. The second-order valence-corrected chi connectivity index (χ2v) is 8.57. The van der Waals surface area contributed by atoms with Crippen molar-refractivity contribution in [1.29, 1.82) is 0 Å². The quantitative estimate of drug-likeness (QED) is 0.458. The number of sulfonamides is 1. The summed E-state index contributed by atoms with van der Waals surface area (Å²) in [6, 6.07) is 8.51. The maximum absolute atomic E-state index is 13.1. The Morgan fingerprint density at radius 3 is 2.38 bits per heavy atom. The van der Waals surface area contributed by atoms with Crippen molar-refractivity contribution in [3.8, 4) is 11.5 Å². The van der Waals surface area contributed by atoms with Crippen molar-refractivity contribution < 1.29 is 27.4 Å². The molecule has 0 radical (unpaired) electrons. The van der Waals surface area contributed by atoms with Gasteiger partial charge in [0.25, 0.3) is 10.0 Å². The predicted octanol–water partition coefficient (Wildman–Crippen LogP) is 3.92. The van der Waals surface area contributed by atoms with E-state index in [1.165, 1.54) is 57.7 Å². The van der Waals surface area contributed by atoms with Crippen LogP contribution in [-0.2, 0) is 14.8 Å². The van der Waals surface area contributed by atoms with Crippen LogP contribution in [0.1, 0.15) is 17.3 Å². The van der Waals surface area contributed by atoms with Crippen LogP contribution in [0.15, 0.2) is 53.4 Å². The highest BCUT2D eigenvalue weighted by Gasteiger charge is 2.26. The molecule has 0 N–H and O–H groups in total. The smallest absolute Gasteiger partial charge is 0.338 e. The first-order valence-corrected chi connectivity index (χ1v) is 10.3. The van der Waals surface area contributed by atoms with Gasteiger partial charge in [0.05, 0.1) is 35.4 Å². The van der Waals surface area contributed by atoms with Gasteiger partial charge in [0.15, 0.2) is 0 Å². The Hall–Kier alpha value is -2.71. The van der Waals surface area contributed by atoms with Crippen LogP contribution in [0.4, 0.5) is 5.69 Å². The van der Waals surface area contributed by atoms with E-state index in [0.29, 0.717) is 11.3 Å². The minimum atomic E-state index is -4.02. The second kappa shape index (κ2) is 9.19. The molecule has 0 fully saturated rings. The van der Waals surface area contributed by atoms with E-state index in [2.05, 4.69) is 6.58 Å². The van der Waals surface area contributed by atoms with Crippen LogP contribution in [0.3, 0.4) is 0 Å². The van der Waals surface area contributed by atoms with Gasteiger partial charge >= 0.3 is 5.97 Å². The number of nitrogens with zero attached hydrogens (tertiary/aromatic N) is 1. The van der Waals surface area contributed by atoms with Crippen molar-refractivity contribution in [1.82, 2.24) is 0 Å². The van der Waals surface area contributed by atoms with Crippen LogP contribution in [0, 0.1) is 0 Å². The van der Waals surface area contributed by atoms with Crippen molar-refractivity contribution in [2.24, 2.45) is 0 Å². The first-order chi connectivity index (χ1) is 13.6. The molecular formula is C20H22ClNO6S. The Morgan fingerprint density at radius 2 is 1.79 bits per heavy atom. The van der Waals surface area contributed by atoms with E-state index in [4.69, 9.17) is 25.8 Å². The molecule has 0 saturated heterocycles. The topological polar surface area (TPSA) is 82.1 Å². The zero-order valence-corrected chi connectivity index (χ0v) is 18.1. The summed E-state index contributed by atoms with van der Waals surface area (Å²) < 4.78 is 42.8. The molecule has 2 rings (SSSR count). The molecule has 29 heavy (non-hydrogen) atoms. The van der Waals surface area contributed by atoms with Crippen LogP contribution in [0.5, 0.6) is 11.5 Å². The van der Waals surface area contributed by atoms with Gasteiger partial charge in [-0.1, -0.05) is 24.2 Å². The molecule has 0 aliphatic heterocycles. The van der Waals surface area contributed by atoms with Crippen molar-refractivity contribution in [3.05, 3.63) is 59.1 Å². The fourth-order valence-electron chi connectivity index (χ4n) is 2.43. The molecule has 7 nitrogen and oxygen atoms in total. The fourth-order valence-corrected chi connectivity index (χ4v) is 3.91. The summed E-state index contributed by atoms with van der Waals surface area (Å²) in [7, 11) is 0.195. The Labute approximate surface area is 175 Å². The standard InChI is InChI=1S/C20H22ClNO6S/c1-13(2)12-28-20(23)14-7-6-8-15(9-14)29(24,25)22(3)17-10-16(21)18(26-4)11-19(17)27-5/h6-11H,1,12H2,2-5H3. The van der Waals surface area contributed by atoms with E-state index < -0.39 is 16.0 Å². The normalized spacial score (nSPS) is 10.9. The van der Waals surface area contributed by atoms with Gasteiger partial charge in [0, 0.05) is 13.1 Å². The van der Waals surface area contributed by atoms with Crippen LogP contribution < -0.4 is 13.8 Å². The average Bonchev–Trinajstić information content (AvgIpc) is 2.71. The van der Waals surface area contributed by atoms with Gasteiger partial charge in [-0.05, 0) is 36.8 Å². The molecule has 2 aromatic rings. The fraction of sp³-hybridized carbons (Fsp3) is 0.250. The van der Waals surface area contributed by atoms with Gasteiger partial charge < -0.3 is 14.2 Å². The van der Waals surface area contributed by atoms with E-state index in [9.17, 15) is 13.2 Å². The summed E-state index contributed by atoms with van der Waals surface area (Å²) in [5.41, 5.74) is 0.999. The van der Waals surface area contributed by atoms with Gasteiger partial charge in [0.2, 0.25) is 0 Å². The summed E-state index contributed by atoms with van der Waals surface area (Å²) in [6.07, 6.45) is 0. The monoisotopic (exact) mass is 439 g/mol. The lowest BCUT2D eigenvalue weighted by atomic mass is 10.2. The summed E-state index contributed by atoms with van der Waals surface area (Å²) in [4.78, 5) is 12.1. The molecule has 0 saturated carbocycles. The molecule has 156 valence electrons. The highest BCUT2D eigenvalue weighted by Crippen LogP contribution is 2.39. The van der Waals surface area contributed by atoms with Gasteiger partial charge in [-0.25, -0.2) is 13.2 Å². The predicted molar refractivity (Wildman–Crippen MR) is 112 cm³/mol. The Bertz CT molecular complexity index is 1040. The zero-order chi connectivity index (χ0) is 21.8. The maximum atomic E-state index is 13.1. The number of esters is 1. The van der Waals surface area contributed by atoms with Crippen molar-refractivity contribution in [2.75, 3.05) is 32.2 Å². The molecule has 0 amide bonds. The summed E-state index contributed by atoms with van der Waals surface area (Å²) >= 11 is 6.16. The molecular weight excluding hydrogens is 418 g/mol. The first kappa shape index (κ1) is 22.6. The van der Waals surface area contributed by atoms with E-state index in [-0.39, 0.29) is 33.5 Å². The van der Waals surface area contributed by atoms with Crippen molar-refractivity contribution in [2.45, 2.75) is 11.8 Å². The van der Waals surface area contributed by atoms with Crippen LogP contribution >= 0.6 is 11.6 Å². The van der Waals surface area contributed by atoms with Crippen molar-refractivity contribution >= 4 is 33.3 Å². The average molecular weight is 440 g/mol. The zero-order valence-electron chi connectivity index (χ0n) is 16.6. The van der Waals surface area contributed by atoms with Crippen molar-refractivity contribution in [3.63, 3.8) is 0 Å². The third-order valence-electron chi connectivity index (χ3n) is 3.97. The molecule has 0 aliphatic rings. The van der Waals surface area contributed by atoms with Gasteiger partial charge in [-0.2, -0.15) is 0 Å². The maximum Gasteiger partial charge on any atom is 0.338 e. The Balaban J connectivity index is 2.43. The van der Waals surface area contributed by atoms with Crippen LogP contribution in [0.25, 0.3) is 0 Å². The summed E-state index contributed by atoms with van der Waals surface area (Å²) in [5.74, 6) is -0.0348. The number of methoxy groups -OCH3 is 2. The molecule has 0 aliphatic carbocycles. The van der Waals surface area contributed by atoms with Crippen LogP contribution in [0.2, 0.25) is 5.02 Å². The Kier molecular flexibility index (Phi) is 7.16. The lowest BCUT2D eigenvalue weighted by Crippen LogP contribution is -2.27. The number of benzene rings is 2. The largest absolute Gasteiger partial charge is 0.495 e. The number of hydrogen-bond donors (Lipinski definition) is 0. The first-order valence-electron chi connectivity index (χ1n) is 8.43. The molecule has 2 aromatic carbocycles. The minimum Gasteiger partial charge on any atom is -0.495 e. The highest BCUT2D eigenvalue weighted by atomic mass is 35.5.